The lowest BCUT2D eigenvalue weighted by Gasteiger charge is -2.33. The number of amides is 2. The van der Waals surface area contributed by atoms with Gasteiger partial charge in [-0.1, -0.05) is 12.1 Å². The van der Waals surface area contributed by atoms with E-state index < -0.39 is 0 Å². The van der Waals surface area contributed by atoms with Crippen LogP contribution in [0.5, 0.6) is 5.75 Å². The molecule has 0 unspecified atom stereocenters. The molecule has 2 rings (SSSR count). The molecule has 0 aromatic heterocycles. The third-order valence-corrected chi connectivity index (χ3v) is 4.12. The minimum Gasteiger partial charge on any atom is -0.497 e. The van der Waals surface area contributed by atoms with Crippen LogP contribution in [-0.2, 0) is 9.59 Å². The first-order valence-corrected chi connectivity index (χ1v) is 8.03. The molecule has 0 bridgehead atoms. The second kappa shape index (κ2) is 8.49. The second-order valence-corrected chi connectivity index (χ2v) is 5.99. The summed E-state index contributed by atoms with van der Waals surface area (Å²) in [6.45, 7) is 3.29. The van der Waals surface area contributed by atoms with Gasteiger partial charge in [0.1, 0.15) is 5.75 Å². The van der Waals surface area contributed by atoms with E-state index in [1.807, 2.05) is 36.2 Å². The smallest absolute Gasteiger partial charge is 0.246 e. The zero-order valence-electron chi connectivity index (χ0n) is 14.6. The summed E-state index contributed by atoms with van der Waals surface area (Å²) in [4.78, 5) is 29.9. The number of methoxy groups -OCH3 is 1. The van der Waals surface area contributed by atoms with Crippen molar-refractivity contribution in [2.75, 3.05) is 53.9 Å². The predicted molar refractivity (Wildman–Crippen MR) is 93.7 cm³/mol. The Morgan fingerprint density at radius 3 is 2.62 bits per heavy atom. The Bertz CT molecular complexity index is 607. The largest absolute Gasteiger partial charge is 0.497 e. The molecule has 1 aliphatic rings. The van der Waals surface area contributed by atoms with Crippen molar-refractivity contribution in [2.24, 2.45) is 0 Å². The van der Waals surface area contributed by atoms with E-state index in [4.69, 9.17) is 4.74 Å². The van der Waals surface area contributed by atoms with Crippen LogP contribution in [0.15, 0.2) is 30.3 Å². The van der Waals surface area contributed by atoms with Crippen molar-refractivity contribution in [1.29, 1.82) is 0 Å². The molecule has 1 fully saturated rings. The van der Waals surface area contributed by atoms with Crippen LogP contribution in [-0.4, -0.2) is 80.4 Å². The fourth-order valence-electron chi connectivity index (χ4n) is 2.48. The number of piperazine rings is 1. The van der Waals surface area contributed by atoms with E-state index in [-0.39, 0.29) is 18.4 Å². The summed E-state index contributed by atoms with van der Waals surface area (Å²) in [6.07, 6.45) is 3.20. The molecule has 130 valence electrons. The maximum atomic E-state index is 12.3. The second-order valence-electron chi connectivity index (χ2n) is 5.99. The van der Waals surface area contributed by atoms with Gasteiger partial charge in [0.2, 0.25) is 11.8 Å². The summed E-state index contributed by atoms with van der Waals surface area (Å²) >= 11 is 0. The molecular formula is C18H25N3O3. The maximum Gasteiger partial charge on any atom is 0.246 e. The zero-order chi connectivity index (χ0) is 17.5. The fraction of sp³-hybridized carbons (Fsp3) is 0.444. The van der Waals surface area contributed by atoms with Gasteiger partial charge in [0.05, 0.1) is 13.7 Å². The van der Waals surface area contributed by atoms with E-state index in [1.54, 1.807) is 20.2 Å². The van der Waals surface area contributed by atoms with Gasteiger partial charge in [0, 0.05) is 39.3 Å². The quantitative estimate of drug-likeness (QED) is 0.754. The standard InChI is InChI=1S/C18H25N3O3/c1-19-9-11-21(12-10-19)18(23)14-20(2)17(22)8-7-15-5-4-6-16(13-15)24-3/h4-8,13H,9-12,14H2,1-3H3/b8-7+. The molecule has 1 aromatic rings. The third-order valence-electron chi connectivity index (χ3n) is 4.12. The highest BCUT2D eigenvalue weighted by Gasteiger charge is 2.20. The van der Waals surface area contributed by atoms with Crippen LogP contribution in [0, 0.1) is 0 Å². The average molecular weight is 331 g/mol. The lowest BCUT2D eigenvalue weighted by molar-refractivity contribution is -0.138. The molecule has 2 amide bonds. The van der Waals surface area contributed by atoms with Gasteiger partial charge < -0.3 is 19.4 Å². The van der Waals surface area contributed by atoms with Gasteiger partial charge >= 0.3 is 0 Å². The van der Waals surface area contributed by atoms with Gasteiger partial charge in [-0.15, -0.1) is 0 Å². The minimum atomic E-state index is -0.194. The Labute approximate surface area is 143 Å². The minimum absolute atomic E-state index is 0.00581. The van der Waals surface area contributed by atoms with Gasteiger partial charge in [0.25, 0.3) is 0 Å². The van der Waals surface area contributed by atoms with Crippen LogP contribution >= 0.6 is 0 Å². The van der Waals surface area contributed by atoms with Crippen LogP contribution in [0.3, 0.4) is 0 Å². The Balaban J connectivity index is 1.87. The Morgan fingerprint density at radius 1 is 1.25 bits per heavy atom. The van der Waals surface area contributed by atoms with Crippen LogP contribution in [0.1, 0.15) is 5.56 Å². The van der Waals surface area contributed by atoms with Crippen molar-refractivity contribution in [2.45, 2.75) is 0 Å². The Morgan fingerprint density at radius 2 is 1.96 bits per heavy atom. The first-order valence-electron chi connectivity index (χ1n) is 8.03. The van der Waals surface area contributed by atoms with Crippen molar-refractivity contribution in [3.63, 3.8) is 0 Å². The van der Waals surface area contributed by atoms with E-state index in [2.05, 4.69) is 4.90 Å². The van der Waals surface area contributed by atoms with E-state index >= 15 is 0 Å². The van der Waals surface area contributed by atoms with Crippen LogP contribution in [0.2, 0.25) is 0 Å². The van der Waals surface area contributed by atoms with Gasteiger partial charge in [-0.2, -0.15) is 0 Å². The molecule has 0 saturated carbocycles. The first-order chi connectivity index (χ1) is 11.5. The maximum absolute atomic E-state index is 12.3. The molecule has 24 heavy (non-hydrogen) atoms. The molecule has 1 aromatic carbocycles. The summed E-state index contributed by atoms with van der Waals surface area (Å²) < 4.78 is 5.15. The average Bonchev–Trinajstić information content (AvgIpc) is 2.60. The van der Waals surface area contributed by atoms with E-state index in [1.165, 1.54) is 11.0 Å². The van der Waals surface area contributed by atoms with Crippen LogP contribution < -0.4 is 4.74 Å². The number of carbonyl (C=O) groups is 2. The summed E-state index contributed by atoms with van der Waals surface area (Å²) in [5, 5.41) is 0. The molecule has 1 aliphatic heterocycles. The number of nitrogens with zero attached hydrogens (tertiary/aromatic N) is 3. The molecule has 0 atom stereocenters. The normalized spacial score (nSPS) is 15.5. The van der Waals surface area contributed by atoms with Crippen LogP contribution in [0.4, 0.5) is 0 Å². The number of ether oxygens (including phenoxy) is 1. The molecule has 0 radical (unpaired) electrons. The Hall–Kier alpha value is -2.34. The van der Waals surface area contributed by atoms with Gasteiger partial charge in [-0.25, -0.2) is 0 Å². The van der Waals surface area contributed by atoms with Gasteiger partial charge in [-0.3, -0.25) is 9.59 Å². The molecule has 1 heterocycles. The highest BCUT2D eigenvalue weighted by molar-refractivity contribution is 5.94. The topological polar surface area (TPSA) is 53.1 Å². The fourth-order valence-corrected chi connectivity index (χ4v) is 2.48. The first kappa shape index (κ1) is 18.0. The highest BCUT2D eigenvalue weighted by atomic mass is 16.5. The highest BCUT2D eigenvalue weighted by Crippen LogP contribution is 2.13. The zero-order valence-corrected chi connectivity index (χ0v) is 14.6. The summed E-state index contributed by atoms with van der Waals surface area (Å²) in [5.41, 5.74) is 0.876. The number of benzene rings is 1. The summed E-state index contributed by atoms with van der Waals surface area (Å²) in [5.74, 6) is 0.539. The number of hydrogen-bond acceptors (Lipinski definition) is 4. The van der Waals surface area contributed by atoms with Crippen molar-refractivity contribution >= 4 is 17.9 Å². The van der Waals surface area contributed by atoms with E-state index in [0.29, 0.717) is 0 Å². The molecular weight excluding hydrogens is 306 g/mol. The molecule has 0 spiro atoms. The van der Waals surface area contributed by atoms with Crippen molar-refractivity contribution in [3.8, 4) is 5.75 Å². The van der Waals surface area contributed by atoms with Gasteiger partial charge in [-0.05, 0) is 30.8 Å². The van der Waals surface area contributed by atoms with Crippen molar-refractivity contribution in [3.05, 3.63) is 35.9 Å². The number of likely N-dealkylation sites (N-methyl/N-ethyl adjacent to an activating group) is 2. The van der Waals surface area contributed by atoms with Crippen molar-refractivity contribution in [1.82, 2.24) is 14.7 Å². The Kier molecular flexibility index (Phi) is 6.37. The van der Waals surface area contributed by atoms with Crippen LogP contribution in [0.25, 0.3) is 6.08 Å². The number of rotatable bonds is 5. The SMILES string of the molecule is COc1cccc(/C=C/C(=O)N(C)CC(=O)N2CCN(C)CC2)c1. The molecule has 1 saturated heterocycles. The van der Waals surface area contributed by atoms with Crippen molar-refractivity contribution < 1.29 is 14.3 Å². The predicted octanol–water partition coefficient (Wildman–Crippen LogP) is 0.941. The number of hydrogen-bond donors (Lipinski definition) is 0. The summed E-state index contributed by atoms with van der Waals surface area (Å²) in [6, 6.07) is 7.45. The third kappa shape index (κ3) is 5.09. The molecule has 6 nitrogen and oxygen atoms in total. The van der Waals surface area contributed by atoms with E-state index in [0.717, 1.165) is 37.5 Å². The number of carbonyl (C=O) groups excluding carboxylic acids is 2. The lowest BCUT2D eigenvalue weighted by atomic mass is 10.2. The molecule has 0 N–H and O–H groups in total. The monoisotopic (exact) mass is 331 g/mol. The van der Waals surface area contributed by atoms with E-state index in [9.17, 15) is 9.59 Å². The van der Waals surface area contributed by atoms with Gasteiger partial charge in [0.15, 0.2) is 0 Å². The molecule has 0 aliphatic carbocycles. The molecule has 6 heteroatoms. The lowest BCUT2D eigenvalue weighted by Crippen LogP contribution is -2.50. The summed E-state index contributed by atoms with van der Waals surface area (Å²) in [7, 11) is 5.29.